The second kappa shape index (κ2) is 12.4. The highest BCUT2D eigenvalue weighted by Gasteiger charge is 2.33. The Kier molecular flexibility index (Phi) is 9.55. The lowest BCUT2D eigenvalue weighted by molar-refractivity contribution is -0.384. The summed E-state index contributed by atoms with van der Waals surface area (Å²) in [5.41, 5.74) is 0.151. The molecule has 0 heterocycles. The van der Waals surface area contributed by atoms with Crippen molar-refractivity contribution >= 4 is 44.8 Å². The summed E-state index contributed by atoms with van der Waals surface area (Å²) in [7, 11) is -2.81. The predicted octanol–water partition coefficient (Wildman–Crippen LogP) is 3.50. The number of halogens is 1. The van der Waals surface area contributed by atoms with Crippen molar-refractivity contribution in [1.29, 1.82) is 0 Å². The molecule has 1 unspecified atom stereocenters. The van der Waals surface area contributed by atoms with Crippen LogP contribution in [0.25, 0.3) is 0 Å². The lowest BCUT2D eigenvalue weighted by Gasteiger charge is -2.32. The maximum atomic E-state index is 13.7. The van der Waals surface area contributed by atoms with E-state index in [0.717, 1.165) is 42.3 Å². The van der Waals surface area contributed by atoms with Crippen LogP contribution < -0.4 is 14.4 Å². The maximum absolute atomic E-state index is 13.7. The van der Waals surface area contributed by atoms with Crippen molar-refractivity contribution in [2.45, 2.75) is 51.2 Å². The van der Waals surface area contributed by atoms with Gasteiger partial charge < -0.3 is 15.0 Å². The van der Waals surface area contributed by atoms with Gasteiger partial charge in [-0.1, -0.05) is 36.6 Å². The number of hydrogen-bond donors (Lipinski definition) is 1. The average molecular weight is 567 g/mol. The molecule has 11 nitrogen and oxygen atoms in total. The number of benzene rings is 2. The second-order valence-corrected chi connectivity index (χ2v) is 11.5. The summed E-state index contributed by atoms with van der Waals surface area (Å²) in [5.74, 6) is -0.990. The van der Waals surface area contributed by atoms with Gasteiger partial charge in [-0.05, 0) is 43.5 Å². The molecular formula is C25H31ClN4O7S. The van der Waals surface area contributed by atoms with Gasteiger partial charge in [0.15, 0.2) is 0 Å². The van der Waals surface area contributed by atoms with Crippen molar-refractivity contribution < 1.29 is 27.7 Å². The van der Waals surface area contributed by atoms with Gasteiger partial charge >= 0.3 is 0 Å². The summed E-state index contributed by atoms with van der Waals surface area (Å²) in [4.78, 5) is 38.8. The Labute approximate surface area is 226 Å². The highest BCUT2D eigenvalue weighted by Crippen LogP contribution is 2.34. The molecule has 0 radical (unpaired) electrons. The minimum absolute atomic E-state index is 0.0128. The Morgan fingerprint density at radius 3 is 2.37 bits per heavy atom. The first-order valence-electron chi connectivity index (χ1n) is 12.0. The predicted molar refractivity (Wildman–Crippen MR) is 144 cm³/mol. The second-order valence-electron chi connectivity index (χ2n) is 9.20. The summed E-state index contributed by atoms with van der Waals surface area (Å²) in [6, 6.07) is 9.30. The molecule has 2 aromatic carbocycles. The molecule has 0 spiro atoms. The minimum Gasteiger partial charge on any atom is -0.495 e. The van der Waals surface area contributed by atoms with Crippen LogP contribution in [0, 0.1) is 10.1 Å². The third kappa shape index (κ3) is 7.35. The average Bonchev–Trinajstić information content (AvgIpc) is 3.38. The number of carbonyl (C=O) groups excluding carboxylic acids is 2. The zero-order valence-corrected chi connectivity index (χ0v) is 23.0. The van der Waals surface area contributed by atoms with E-state index in [0.29, 0.717) is 10.6 Å². The molecule has 0 bridgehead atoms. The van der Waals surface area contributed by atoms with E-state index in [4.69, 9.17) is 16.3 Å². The summed E-state index contributed by atoms with van der Waals surface area (Å²) >= 11 is 5.99. The van der Waals surface area contributed by atoms with E-state index in [-0.39, 0.29) is 35.6 Å². The van der Waals surface area contributed by atoms with Crippen molar-refractivity contribution in [2.75, 3.05) is 24.2 Å². The van der Waals surface area contributed by atoms with Crippen LogP contribution in [0.4, 0.5) is 11.4 Å². The molecule has 1 saturated carbocycles. The third-order valence-corrected chi connectivity index (χ3v) is 7.83. The first kappa shape index (κ1) is 29.2. The molecule has 1 fully saturated rings. The number of methoxy groups -OCH3 is 1. The third-order valence-electron chi connectivity index (χ3n) is 6.46. The standard InChI is InChI=1S/C25H31ClN4O7S/c1-17(25(32)27-20-6-4-5-7-20)28(15-18-8-10-19(26)11-9-18)24(31)16-29(38(3,35)36)22-14-21(30(33)34)12-13-23(22)37-2/h8-14,17,20H,4-7,15-16H2,1-3H3,(H,27,32). The van der Waals surface area contributed by atoms with Gasteiger partial charge in [-0.3, -0.25) is 24.0 Å². The van der Waals surface area contributed by atoms with Gasteiger partial charge in [-0.15, -0.1) is 0 Å². The molecule has 206 valence electrons. The van der Waals surface area contributed by atoms with E-state index in [1.165, 1.54) is 24.1 Å². The first-order chi connectivity index (χ1) is 17.9. The number of ether oxygens (including phenoxy) is 1. The van der Waals surface area contributed by atoms with E-state index in [2.05, 4.69) is 5.32 Å². The number of hydrogen-bond acceptors (Lipinski definition) is 7. The lowest BCUT2D eigenvalue weighted by Crippen LogP contribution is -2.52. The van der Waals surface area contributed by atoms with Crippen molar-refractivity contribution in [3.05, 3.63) is 63.2 Å². The number of anilines is 1. The SMILES string of the molecule is COc1ccc([N+](=O)[O-])cc1N(CC(=O)N(Cc1ccc(Cl)cc1)C(C)C(=O)NC1CCCC1)S(C)(=O)=O. The fourth-order valence-electron chi connectivity index (χ4n) is 4.34. The van der Waals surface area contributed by atoms with E-state index >= 15 is 0 Å². The van der Waals surface area contributed by atoms with E-state index in [1.807, 2.05) is 0 Å². The Balaban J connectivity index is 1.96. The molecule has 38 heavy (non-hydrogen) atoms. The molecule has 13 heteroatoms. The van der Waals surface area contributed by atoms with Crippen molar-refractivity contribution in [3.63, 3.8) is 0 Å². The molecular weight excluding hydrogens is 536 g/mol. The van der Waals surface area contributed by atoms with Gasteiger partial charge in [-0.25, -0.2) is 8.42 Å². The van der Waals surface area contributed by atoms with Gasteiger partial charge in [0.2, 0.25) is 21.8 Å². The number of non-ortho nitro benzene ring substituents is 1. The molecule has 3 rings (SSSR count). The quantitative estimate of drug-likeness (QED) is 0.324. The van der Waals surface area contributed by atoms with E-state index in [1.54, 1.807) is 31.2 Å². The highest BCUT2D eigenvalue weighted by molar-refractivity contribution is 7.92. The van der Waals surface area contributed by atoms with Crippen LogP contribution >= 0.6 is 11.6 Å². The molecule has 0 aromatic heterocycles. The molecule has 0 saturated heterocycles. The van der Waals surface area contributed by atoms with E-state index < -0.39 is 33.4 Å². The molecule has 2 amide bonds. The molecule has 2 aromatic rings. The van der Waals surface area contributed by atoms with Gasteiger partial charge in [0, 0.05) is 29.7 Å². The normalized spacial score (nSPS) is 14.5. The molecule has 1 N–H and O–H groups in total. The maximum Gasteiger partial charge on any atom is 0.271 e. The Bertz CT molecular complexity index is 1280. The lowest BCUT2D eigenvalue weighted by atomic mass is 10.1. The number of nitrogens with one attached hydrogen (secondary N) is 1. The molecule has 1 aliphatic rings. The van der Waals surface area contributed by atoms with Crippen molar-refractivity contribution in [1.82, 2.24) is 10.2 Å². The fourth-order valence-corrected chi connectivity index (χ4v) is 5.31. The largest absolute Gasteiger partial charge is 0.495 e. The number of amides is 2. The van der Waals surface area contributed by atoms with Crippen LogP contribution in [0.15, 0.2) is 42.5 Å². The first-order valence-corrected chi connectivity index (χ1v) is 14.3. The molecule has 1 aliphatic carbocycles. The van der Waals surface area contributed by atoms with Gasteiger partial charge in [0.1, 0.15) is 24.0 Å². The number of sulfonamides is 1. The van der Waals surface area contributed by atoms with Gasteiger partial charge in [-0.2, -0.15) is 0 Å². The smallest absolute Gasteiger partial charge is 0.271 e. The number of carbonyl (C=O) groups is 2. The highest BCUT2D eigenvalue weighted by atomic mass is 35.5. The van der Waals surface area contributed by atoms with Crippen molar-refractivity contribution in [2.24, 2.45) is 0 Å². The van der Waals surface area contributed by atoms with E-state index in [9.17, 15) is 28.1 Å². The topological polar surface area (TPSA) is 139 Å². The van der Waals surface area contributed by atoms with Crippen molar-refractivity contribution in [3.8, 4) is 5.75 Å². The molecule has 1 atom stereocenters. The Morgan fingerprint density at radius 1 is 1.18 bits per heavy atom. The number of nitrogens with zero attached hydrogens (tertiary/aromatic N) is 3. The summed E-state index contributed by atoms with van der Waals surface area (Å²) in [5, 5.41) is 14.8. The van der Waals surface area contributed by atoms with Crippen LogP contribution in [-0.4, -0.2) is 62.0 Å². The number of nitro benzene ring substituents is 1. The zero-order chi connectivity index (χ0) is 28.0. The summed E-state index contributed by atoms with van der Waals surface area (Å²) in [6.45, 7) is 0.890. The van der Waals surface area contributed by atoms with Crippen LogP contribution in [0.1, 0.15) is 38.2 Å². The van der Waals surface area contributed by atoms with Crippen LogP contribution in [-0.2, 0) is 26.2 Å². The van der Waals surface area contributed by atoms with Gasteiger partial charge in [0.05, 0.1) is 18.3 Å². The monoisotopic (exact) mass is 566 g/mol. The number of nitro groups is 1. The minimum atomic E-state index is -4.10. The summed E-state index contributed by atoms with van der Waals surface area (Å²) in [6.07, 6.45) is 4.64. The molecule has 0 aliphatic heterocycles. The van der Waals surface area contributed by atoms with Crippen LogP contribution in [0.3, 0.4) is 0 Å². The Hall–Kier alpha value is -3.38. The van der Waals surface area contributed by atoms with Crippen LogP contribution in [0.2, 0.25) is 5.02 Å². The Morgan fingerprint density at radius 2 is 1.82 bits per heavy atom. The summed E-state index contributed by atoms with van der Waals surface area (Å²) < 4.78 is 31.6. The van der Waals surface area contributed by atoms with Gasteiger partial charge in [0.25, 0.3) is 5.69 Å². The number of rotatable bonds is 11. The zero-order valence-electron chi connectivity index (χ0n) is 21.4. The fraction of sp³-hybridized carbons (Fsp3) is 0.440. The van der Waals surface area contributed by atoms with Crippen LogP contribution in [0.5, 0.6) is 5.75 Å².